The van der Waals surface area contributed by atoms with Crippen molar-refractivity contribution in [2.24, 2.45) is 5.73 Å². The number of rotatable bonds is 13. The van der Waals surface area contributed by atoms with Crippen LogP contribution in [0.15, 0.2) is 98.4 Å². The fraction of sp³-hybridized carbons (Fsp3) is 0.227. The summed E-state index contributed by atoms with van der Waals surface area (Å²) in [6, 6.07) is 14.3. The Morgan fingerprint density at radius 2 is 1.14 bits per heavy atom. The lowest BCUT2D eigenvalue weighted by molar-refractivity contribution is 0.0690. The molecule has 10 aromatic rings. The molecular weight excluding hydrogens is 966 g/mol. The minimum atomic E-state index is -1.08. The van der Waals surface area contributed by atoms with Crippen molar-refractivity contribution >= 4 is 46.4 Å². The molecule has 4 N–H and O–H groups in total. The Bertz CT molecular complexity index is 3530. The van der Waals surface area contributed by atoms with Crippen LogP contribution in [0.3, 0.4) is 0 Å². The first-order chi connectivity index (χ1) is 34.5. The van der Waals surface area contributed by atoms with Gasteiger partial charge < -0.3 is 25.0 Å². The van der Waals surface area contributed by atoms with Gasteiger partial charge in [-0.05, 0) is 106 Å². The summed E-state index contributed by atoms with van der Waals surface area (Å²) in [5.74, 6) is -1.43. The summed E-state index contributed by atoms with van der Waals surface area (Å²) in [6.07, 6.45) is 18.7. The van der Waals surface area contributed by atoms with Crippen LogP contribution in [0.1, 0.15) is 92.1 Å². The Balaban J connectivity index is 0.000000136. The quantitative estimate of drug-likeness (QED) is 0.137. The molecule has 0 unspecified atom stereocenters. The number of carboxylic acids is 1. The number of carboxylic acid groups (broad SMARTS) is 1. The van der Waals surface area contributed by atoms with Gasteiger partial charge in [0.1, 0.15) is 35.6 Å². The normalized spacial score (nSPS) is 13.2. The zero-order valence-corrected chi connectivity index (χ0v) is 38.5. The van der Waals surface area contributed by atoms with Gasteiger partial charge >= 0.3 is 5.97 Å². The largest absolute Gasteiger partial charge is 0.476 e. The Hall–Kier alpha value is -8.42. The molecule has 360 valence electrons. The first-order valence-electron chi connectivity index (χ1n) is 21.8. The van der Waals surface area contributed by atoms with Crippen LogP contribution in [-0.2, 0) is 26.2 Å². The molecule has 2 aromatic carbocycles. The average molecular weight is 1000 g/mol. The molecule has 0 saturated heterocycles. The molecule has 2 aliphatic rings. The molecule has 0 atom stereocenters. The van der Waals surface area contributed by atoms with Crippen molar-refractivity contribution in [2.75, 3.05) is 0 Å². The van der Waals surface area contributed by atoms with E-state index in [9.17, 15) is 18.4 Å². The second-order valence-electron chi connectivity index (χ2n) is 16.5. The number of fused-ring (bicyclic) bond motifs is 2. The Kier molecular flexibility index (Phi) is 13.0. The predicted octanol–water partition coefficient (Wildman–Crippen LogP) is 5.01. The van der Waals surface area contributed by atoms with Crippen LogP contribution in [0.25, 0.3) is 22.7 Å². The Labute approximate surface area is 408 Å². The number of halogens is 4. The summed E-state index contributed by atoms with van der Waals surface area (Å²) < 4.78 is 37.9. The third kappa shape index (κ3) is 10.5. The number of carbonyl (C=O) groups is 2. The third-order valence-electron chi connectivity index (χ3n) is 11.5. The molecule has 2 fully saturated rings. The van der Waals surface area contributed by atoms with E-state index in [0.717, 1.165) is 22.7 Å². The number of pyridine rings is 2. The lowest BCUT2D eigenvalue weighted by Crippen LogP contribution is -2.24. The highest BCUT2D eigenvalue weighted by atomic mass is 35.5. The van der Waals surface area contributed by atoms with Crippen LogP contribution < -0.4 is 11.1 Å². The van der Waals surface area contributed by atoms with Gasteiger partial charge in [0.05, 0.1) is 58.3 Å². The van der Waals surface area contributed by atoms with Crippen LogP contribution in [0.5, 0.6) is 0 Å². The number of hydrogen-bond acceptors (Lipinski definition) is 15. The third-order valence-corrected chi connectivity index (χ3v) is 12.1. The second kappa shape index (κ2) is 19.9. The van der Waals surface area contributed by atoms with Gasteiger partial charge in [-0.3, -0.25) is 4.79 Å². The fourth-order valence-corrected chi connectivity index (χ4v) is 7.99. The molecule has 2 saturated carbocycles. The molecular formula is C44H38Cl2F2N20O3. The summed E-state index contributed by atoms with van der Waals surface area (Å²) in [5.41, 5.74) is 12.8. The minimum absolute atomic E-state index is 0.0294. The predicted molar refractivity (Wildman–Crippen MR) is 247 cm³/mol. The second-order valence-corrected chi connectivity index (χ2v) is 17.3. The molecule has 23 nitrogen and oxygen atoms in total. The van der Waals surface area contributed by atoms with Crippen LogP contribution in [0.4, 0.5) is 8.78 Å². The number of carbonyl (C=O) groups excluding carboxylic acids is 1. The number of nitrogens with one attached hydrogen (secondary N) is 1. The van der Waals surface area contributed by atoms with E-state index < -0.39 is 23.5 Å². The highest BCUT2D eigenvalue weighted by Gasteiger charge is 2.25. The van der Waals surface area contributed by atoms with E-state index in [-0.39, 0.29) is 45.6 Å². The molecule has 8 heterocycles. The lowest BCUT2D eigenvalue weighted by atomic mass is 10.1. The van der Waals surface area contributed by atoms with E-state index in [0.29, 0.717) is 36.3 Å². The van der Waals surface area contributed by atoms with Crippen molar-refractivity contribution in [1.29, 1.82) is 0 Å². The number of nitrogens with two attached hydrogens (primary N) is 1. The molecule has 0 aliphatic heterocycles. The number of aromatic carboxylic acids is 1. The van der Waals surface area contributed by atoms with E-state index in [1.807, 2.05) is 33.3 Å². The van der Waals surface area contributed by atoms with Crippen molar-refractivity contribution in [3.63, 3.8) is 0 Å². The molecule has 2 aliphatic carbocycles. The van der Waals surface area contributed by atoms with E-state index in [1.165, 1.54) is 92.7 Å². The molecule has 12 rings (SSSR count). The molecule has 8 aromatic heterocycles. The van der Waals surface area contributed by atoms with Crippen LogP contribution in [0, 0.1) is 11.6 Å². The van der Waals surface area contributed by atoms with Crippen molar-refractivity contribution in [3.8, 4) is 11.4 Å². The molecule has 27 heteroatoms. The molecule has 0 bridgehead atoms. The number of tetrazole rings is 2. The standard InChI is InChI=1S/C22H18ClFN10O.C14H13N5O2.C8H7ClFN5/c23-17-4-5-19(34-12-26-29-31-34)16(21(17)24)7-25-22(35)18-11-33(30-28-18)10-15-9-32-8-14(13-1-2-13)3-6-20(32)27-15;20-14(21)12-8-19(17-16-12)7-11-6-18-5-10(9-1-2-9)3-4-13(18)15-11;9-6-1-2-7(5(3-11)8(6)10)15-4-12-13-14-15/h3-6,8-9,11-13H,1-2,7,10H2,(H,25,35);3-6,8-9H,1-2,7H2,(H,20,21);1-2,4H,3,11H2. The van der Waals surface area contributed by atoms with E-state index >= 15 is 0 Å². The van der Waals surface area contributed by atoms with Crippen LogP contribution >= 0.6 is 23.2 Å². The summed E-state index contributed by atoms with van der Waals surface area (Å²) in [6.45, 7) is 0.637. The maximum atomic E-state index is 14.7. The van der Waals surface area contributed by atoms with E-state index in [1.54, 1.807) is 12.1 Å². The molecule has 0 spiro atoms. The van der Waals surface area contributed by atoms with Crippen molar-refractivity contribution < 1.29 is 23.5 Å². The van der Waals surface area contributed by atoms with Crippen LogP contribution in [0.2, 0.25) is 10.0 Å². The zero-order chi connectivity index (χ0) is 49.2. The van der Waals surface area contributed by atoms with Gasteiger partial charge in [0.2, 0.25) is 0 Å². The first kappa shape index (κ1) is 46.3. The summed E-state index contributed by atoms with van der Waals surface area (Å²) in [7, 11) is 0. The zero-order valence-electron chi connectivity index (χ0n) is 37.0. The summed E-state index contributed by atoms with van der Waals surface area (Å²) in [4.78, 5) is 32.6. The number of amides is 1. The topological polar surface area (TPSA) is 276 Å². The van der Waals surface area contributed by atoms with Crippen molar-refractivity contribution in [3.05, 3.63) is 165 Å². The maximum absolute atomic E-state index is 14.7. The van der Waals surface area contributed by atoms with Crippen molar-refractivity contribution in [2.45, 2.75) is 63.7 Å². The van der Waals surface area contributed by atoms with Crippen LogP contribution in [-0.4, -0.2) is 106 Å². The van der Waals surface area contributed by atoms with Gasteiger partial charge in [-0.15, -0.1) is 20.4 Å². The number of imidazole rings is 2. The van der Waals surface area contributed by atoms with Gasteiger partial charge in [0, 0.05) is 49.0 Å². The first-order valence-corrected chi connectivity index (χ1v) is 22.6. The number of hydrogen-bond donors (Lipinski definition) is 3. The van der Waals surface area contributed by atoms with Gasteiger partial charge in [-0.1, -0.05) is 45.8 Å². The molecule has 0 radical (unpaired) electrons. The highest BCUT2D eigenvalue weighted by molar-refractivity contribution is 6.31. The van der Waals surface area contributed by atoms with Crippen molar-refractivity contribution in [1.82, 2.24) is 94.5 Å². The number of aromatic nitrogens is 18. The van der Waals surface area contributed by atoms with E-state index in [2.05, 4.69) is 91.5 Å². The Morgan fingerprint density at radius 1 is 0.648 bits per heavy atom. The van der Waals surface area contributed by atoms with Gasteiger partial charge in [0.15, 0.2) is 11.4 Å². The smallest absolute Gasteiger partial charge is 0.358 e. The lowest BCUT2D eigenvalue weighted by Gasteiger charge is -2.11. The maximum Gasteiger partial charge on any atom is 0.358 e. The van der Waals surface area contributed by atoms with Gasteiger partial charge in [-0.25, -0.2) is 42.3 Å². The molecule has 71 heavy (non-hydrogen) atoms. The number of nitrogens with zero attached hydrogens (tertiary/aromatic N) is 18. The number of benzene rings is 2. The summed E-state index contributed by atoms with van der Waals surface area (Å²) in [5, 5.41) is 48.3. The fourth-order valence-electron chi connectivity index (χ4n) is 7.64. The Morgan fingerprint density at radius 3 is 1.61 bits per heavy atom. The van der Waals surface area contributed by atoms with E-state index in [4.69, 9.17) is 34.0 Å². The molecule has 1 amide bonds. The minimum Gasteiger partial charge on any atom is -0.476 e. The van der Waals surface area contributed by atoms with Gasteiger partial charge in [-0.2, -0.15) is 0 Å². The summed E-state index contributed by atoms with van der Waals surface area (Å²) >= 11 is 11.6. The monoisotopic (exact) mass is 1000 g/mol. The highest BCUT2D eigenvalue weighted by Crippen LogP contribution is 2.40. The SMILES string of the molecule is NCc1c(-n2cnnn2)ccc(Cl)c1F.O=C(NCc1c(-n2cnnn2)ccc(Cl)c1F)c1cn(Cc2cn3cc(C4CC4)ccc3n2)nn1.O=C(O)c1cn(Cc2cn3cc(C4CC4)ccc3n2)nn1. The van der Waals surface area contributed by atoms with Gasteiger partial charge in [0.25, 0.3) is 5.91 Å². The average Bonchev–Trinajstić information content (AvgIpc) is 3.83.